The first kappa shape index (κ1) is 15.0. The van der Waals surface area contributed by atoms with Crippen molar-refractivity contribution in [3.63, 3.8) is 0 Å². The first-order chi connectivity index (χ1) is 11.5. The van der Waals surface area contributed by atoms with E-state index in [2.05, 4.69) is 45.8 Å². The molecule has 3 aliphatic rings. The number of hydrogen-bond donors (Lipinski definition) is 1. The largest absolute Gasteiger partial charge is 0.343 e. The zero-order chi connectivity index (χ0) is 16.9. The third-order valence-corrected chi connectivity index (χ3v) is 5.64. The first-order valence-electron chi connectivity index (χ1n) is 8.15. The van der Waals surface area contributed by atoms with Crippen molar-refractivity contribution in [3.05, 3.63) is 42.8 Å². The molecule has 3 aliphatic carbocycles. The molecular weight excluding hydrogens is 304 g/mol. The topological polar surface area (TPSA) is 85.6 Å². The van der Waals surface area contributed by atoms with E-state index in [1.54, 1.807) is 18.5 Å². The van der Waals surface area contributed by atoms with Crippen LogP contribution in [0.4, 0.5) is 0 Å². The first-order valence-corrected chi connectivity index (χ1v) is 8.15. The molecule has 1 N–H and O–H groups in total. The third kappa shape index (κ3) is 2.23. The maximum atomic E-state index is 12.5. The Balaban J connectivity index is 1.46. The highest BCUT2D eigenvalue weighted by molar-refractivity contribution is 5.90. The molecule has 2 bridgehead atoms. The summed E-state index contributed by atoms with van der Waals surface area (Å²) in [4.78, 5) is 24.7. The van der Waals surface area contributed by atoms with Gasteiger partial charge < -0.3 is 5.32 Å². The van der Waals surface area contributed by atoms with Crippen LogP contribution in [0.15, 0.2) is 36.9 Å². The van der Waals surface area contributed by atoms with Crippen LogP contribution < -0.4 is 5.32 Å². The Bertz CT molecular complexity index is 796. The molecule has 0 saturated heterocycles. The van der Waals surface area contributed by atoms with Crippen molar-refractivity contribution >= 4 is 5.91 Å². The average molecular weight is 324 g/mol. The lowest BCUT2D eigenvalue weighted by Crippen LogP contribution is -2.57. The molecule has 1 unspecified atom stereocenters. The number of fused-ring (bicyclic) bond motifs is 2. The van der Waals surface area contributed by atoms with Gasteiger partial charge in [-0.15, -0.1) is 5.10 Å². The molecule has 7 heteroatoms. The Morgan fingerprint density at radius 3 is 2.71 bits per heavy atom. The number of aromatic nitrogens is 5. The van der Waals surface area contributed by atoms with Crippen molar-refractivity contribution in [2.75, 3.05) is 0 Å². The van der Waals surface area contributed by atoms with E-state index in [0.717, 1.165) is 12.0 Å². The molecule has 2 heterocycles. The second-order valence-electron chi connectivity index (χ2n) is 7.20. The van der Waals surface area contributed by atoms with Gasteiger partial charge in [-0.05, 0) is 36.2 Å². The highest BCUT2D eigenvalue weighted by Crippen LogP contribution is 2.60. The molecule has 24 heavy (non-hydrogen) atoms. The minimum atomic E-state index is -0.282. The van der Waals surface area contributed by atoms with E-state index in [1.165, 1.54) is 17.4 Å². The van der Waals surface area contributed by atoms with Gasteiger partial charge in [-0.25, -0.2) is 15.0 Å². The summed E-state index contributed by atoms with van der Waals surface area (Å²) in [5.74, 6) is 1.35. The van der Waals surface area contributed by atoms with Crippen LogP contribution in [0.3, 0.4) is 0 Å². The van der Waals surface area contributed by atoms with Gasteiger partial charge in [0.05, 0.1) is 6.04 Å². The Kier molecular flexibility index (Phi) is 3.26. The molecule has 2 aromatic rings. The van der Waals surface area contributed by atoms with E-state index in [1.807, 2.05) is 0 Å². The number of nitrogens with zero attached hydrogens (tertiary/aromatic N) is 5. The van der Waals surface area contributed by atoms with Gasteiger partial charge >= 0.3 is 0 Å². The number of amides is 1. The minimum Gasteiger partial charge on any atom is -0.343 e. The number of rotatable bonds is 3. The number of nitrogens with one attached hydrogen (secondary N) is 1. The average Bonchev–Trinajstić information content (AvgIpc) is 3.07. The van der Waals surface area contributed by atoms with Crippen molar-refractivity contribution < 1.29 is 4.79 Å². The summed E-state index contributed by atoms with van der Waals surface area (Å²) in [5.41, 5.74) is 1.43. The fourth-order valence-corrected chi connectivity index (χ4v) is 3.97. The summed E-state index contributed by atoms with van der Waals surface area (Å²) in [6.45, 7) is 8.81. The van der Waals surface area contributed by atoms with Crippen LogP contribution in [0.25, 0.3) is 5.95 Å². The van der Waals surface area contributed by atoms with Crippen LogP contribution >= 0.6 is 0 Å². The number of carbonyl (C=O) groups is 1. The molecule has 1 amide bonds. The van der Waals surface area contributed by atoms with Crippen LogP contribution in [-0.2, 0) is 0 Å². The zero-order valence-electron chi connectivity index (χ0n) is 13.8. The van der Waals surface area contributed by atoms with Gasteiger partial charge in [0.15, 0.2) is 0 Å². The van der Waals surface area contributed by atoms with Crippen LogP contribution in [0.5, 0.6) is 0 Å². The van der Waals surface area contributed by atoms with E-state index < -0.39 is 0 Å². The smallest absolute Gasteiger partial charge is 0.291 e. The van der Waals surface area contributed by atoms with Crippen LogP contribution in [0, 0.1) is 17.3 Å². The van der Waals surface area contributed by atoms with E-state index in [0.29, 0.717) is 23.2 Å². The van der Waals surface area contributed by atoms with Gasteiger partial charge in [-0.1, -0.05) is 26.0 Å². The van der Waals surface area contributed by atoms with Crippen molar-refractivity contribution in [1.29, 1.82) is 0 Å². The Morgan fingerprint density at radius 2 is 2.04 bits per heavy atom. The van der Waals surface area contributed by atoms with Crippen molar-refractivity contribution in [2.45, 2.75) is 32.7 Å². The Morgan fingerprint density at radius 1 is 1.29 bits per heavy atom. The summed E-state index contributed by atoms with van der Waals surface area (Å²) >= 11 is 0. The van der Waals surface area contributed by atoms with E-state index >= 15 is 0 Å². The molecule has 3 atom stereocenters. The van der Waals surface area contributed by atoms with Crippen LogP contribution in [0.1, 0.15) is 37.3 Å². The van der Waals surface area contributed by atoms with Gasteiger partial charge in [0.25, 0.3) is 11.9 Å². The standard InChI is InChI=1S/C17H20N6O/c1-10-12-7-11(17(12,2)3)8-13(10)21-15(24)14-20-9-23(22-14)16-18-5-4-6-19-16/h4-6,9,11-13H,1,7-8H2,2-3H3,(H,21,24)/t11-,12+,13?/m1/s1. The van der Waals surface area contributed by atoms with Gasteiger partial charge in [0.2, 0.25) is 5.82 Å². The fourth-order valence-electron chi connectivity index (χ4n) is 3.97. The van der Waals surface area contributed by atoms with Crippen LogP contribution in [-0.4, -0.2) is 36.7 Å². The molecular formula is C17H20N6O. The molecule has 0 radical (unpaired) electrons. The predicted molar refractivity (Wildman–Crippen MR) is 87.3 cm³/mol. The van der Waals surface area contributed by atoms with Gasteiger partial charge in [-0.3, -0.25) is 4.79 Å². The SMILES string of the molecule is C=C1C(NC(=O)c2ncn(-c3ncccn3)n2)C[C@H]2C[C@@H]1C2(C)C. The lowest BCUT2D eigenvalue weighted by Gasteiger charge is -2.59. The highest BCUT2D eigenvalue weighted by Gasteiger charge is 2.54. The Labute approximate surface area is 140 Å². The molecule has 5 rings (SSSR count). The summed E-state index contributed by atoms with van der Waals surface area (Å²) in [7, 11) is 0. The molecule has 3 saturated carbocycles. The third-order valence-electron chi connectivity index (χ3n) is 5.64. The highest BCUT2D eigenvalue weighted by atomic mass is 16.2. The summed E-state index contributed by atoms with van der Waals surface area (Å²) < 4.78 is 1.39. The normalized spacial score (nSPS) is 27.4. The molecule has 7 nitrogen and oxygen atoms in total. The summed E-state index contributed by atoms with van der Waals surface area (Å²) in [6, 6.07) is 1.73. The molecule has 3 fully saturated rings. The molecule has 0 spiro atoms. The predicted octanol–water partition coefficient (Wildman–Crippen LogP) is 1.78. The van der Waals surface area contributed by atoms with E-state index in [-0.39, 0.29) is 17.8 Å². The lowest BCUT2D eigenvalue weighted by molar-refractivity contribution is -0.0375. The molecule has 124 valence electrons. The number of carbonyl (C=O) groups excluding carboxylic acids is 1. The van der Waals surface area contributed by atoms with E-state index in [9.17, 15) is 4.79 Å². The molecule has 0 aliphatic heterocycles. The van der Waals surface area contributed by atoms with Gasteiger partial charge in [-0.2, -0.15) is 4.68 Å². The van der Waals surface area contributed by atoms with Crippen LogP contribution in [0.2, 0.25) is 0 Å². The second-order valence-corrected chi connectivity index (χ2v) is 7.20. The molecule has 0 aromatic carbocycles. The second kappa shape index (κ2) is 5.22. The summed E-state index contributed by atoms with van der Waals surface area (Å²) in [6.07, 6.45) is 6.81. The van der Waals surface area contributed by atoms with E-state index in [4.69, 9.17) is 0 Å². The number of hydrogen-bond acceptors (Lipinski definition) is 5. The van der Waals surface area contributed by atoms with Gasteiger partial charge in [0.1, 0.15) is 6.33 Å². The van der Waals surface area contributed by atoms with Crippen molar-refractivity contribution in [2.24, 2.45) is 17.3 Å². The minimum absolute atomic E-state index is 0.00852. The van der Waals surface area contributed by atoms with Crippen molar-refractivity contribution in [3.8, 4) is 5.95 Å². The van der Waals surface area contributed by atoms with Gasteiger partial charge in [0, 0.05) is 12.4 Å². The lowest BCUT2D eigenvalue weighted by atomic mass is 9.46. The zero-order valence-corrected chi connectivity index (χ0v) is 13.8. The maximum absolute atomic E-state index is 12.5. The fraction of sp³-hybridized carbons (Fsp3) is 0.471. The monoisotopic (exact) mass is 324 g/mol. The Hall–Kier alpha value is -2.57. The maximum Gasteiger partial charge on any atom is 0.291 e. The quantitative estimate of drug-likeness (QED) is 0.870. The molecule has 2 aromatic heterocycles. The van der Waals surface area contributed by atoms with Crippen molar-refractivity contribution in [1.82, 2.24) is 30.0 Å². The summed E-state index contributed by atoms with van der Waals surface area (Å²) in [5, 5.41) is 7.20.